The van der Waals surface area contributed by atoms with Crippen LogP contribution in [0, 0.1) is 11.3 Å². The Balaban J connectivity index is 1.48. The van der Waals surface area contributed by atoms with E-state index in [0.29, 0.717) is 0 Å². The normalized spacial score (nSPS) is 16.8. The van der Waals surface area contributed by atoms with Crippen molar-refractivity contribution in [1.82, 2.24) is 5.32 Å². The molecule has 2 amide bonds. The van der Waals surface area contributed by atoms with Crippen LogP contribution in [0.25, 0.3) is 0 Å². The first kappa shape index (κ1) is 23.6. The first-order valence-corrected chi connectivity index (χ1v) is 10.4. The second-order valence-electron chi connectivity index (χ2n) is 8.71. The van der Waals surface area contributed by atoms with E-state index < -0.39 is 23.8 Å². The number of alkyl carbamates (subject to hydrolysis) is 1. The van der Waals surface area contributed by atoms with Gasteiger partial charge in [0.1, 0.15) is 18.3 Å². The molecule has 1 aliphatic rings. The smallest absolute Gasteiger partial charge is 0.411 e. The summed E-state index contributed by atoms with van der Waals surface area (Å²) in [5.41, 5.74) is 1.44. The quantitative estimate of drug-likeness (QED) is 0.592. The van der Waals surface area contributed by atoms with Gasteiger partial charge in [-0.1, -0.05) is 24.3 Å². The molecule has 0 saturated heterocycles. The molecule has 0 radical (unpaired) electrons. The van der Waals surface area contributed by atoms with Crippen LogP contribution in [0.2, 0.25) is 0 Å². The van der Waals surface area contributed by atoms with Crippen molar-refractivity contribution in [1.29, 1.82) is 5.26 Å². The van der Waals surface area contributed by atoms with Gasteiger partial charge in [-0.3, -0.25) is 5.32 Å². The molecule has 9 nitrogen and oxygen atoms in total. The average molecular weight is 451 g/mol. The minimum atomic E-state index is -1.16. The number of ether oxygens (including phenoxy) is 2. The highest BCUT2D eigenvalue weighted by molar-refractivity contribution is 5.91. The molecule has 0 heterocycles. The van der Waals surface area contributed by atoms with Crippen LogP contribution in [0.4, 0.5) is 15.3 Å². The van der Waals surface area contributed by atoms with Crippen LogP contribution in [-0.4, -0.2) is 34.9 Å². The topological polar surface area (TPSA) is 138 Å². The summed E-state index contributed by atoms with van der Waals surface area (Å²) in [5, 5.41) is 23.5. The molecule has 1 saturated carbocycles. The molecule has 0 spiro atoms. The van der Waals surface area contributed by atoms with Crippen molar-refractivity contribution in [3.63, 3.8) is 0 Å². The summed E-state index contributed by atoms with van der Waals surface area (Å²) in [5.74, 6) is -0.948. The van der Waals surface area contributed by atoms with Gasteiger partial charge in [0.05, 0.1) is 16.8 Å². The van der Waals surface area contributed by atoms with E-state index >= 15 is 0 Å². The number of nitriles is 1. The summed E-state index contributed by atoms with van der Waals surface area (Å²) < 4.78 is 10.5. The summed E-state index contributed by atoms with van der Waals surface area (Å²) in [7, 11) is 0. The second kappa shape index (κ2) is 9.61. The van der Waals surface area contributed by atoms with Gasteiger partial charge in [-0.15, -0.1) is 0 Å². The number of rotatable bonds is 6. The SMILES string of the molecule is CC(C)(C)OC(=O)N[C@H]1C[C@@H]1c1ccc(COC(=O)Nc2ccc(C(=O)O)cc2C#N)cc1. The average Bonchev–Trinajstić information content (AvgIpc) is 3.50. The zero-order valence-electron chi connectivity index (χ0n) is 18.5. The fourth-order valence-electron chi connectivity index (χ4n) is 3.22. The Morgan fingerprint density at radius 3 is 2.42 bits per heavy atom. The number of carbonyl (C=O) groups is 3. The van der Waals surface area contributed by atoms with Crippen molar-refractivity contribution >= 4 is 23.8 Å². The maximum absolute atomic E-state index is 12.1. The summed E-state index contributed by atoms with van der Waals surface area (Å²) >= 11 is 0. The fourth-order valence-corrected chi connectivity index (χ4v) is 3.22. The number of benzene rings is 2. The van der Waals surface area contributed by atoms with Crippen molar-refractivity contribution in [3.05, 3.63) is 64.7 Å². The molecule has 2 aromatic carbocycles. The summed E-state index contributed by atoms with van der Waals surface area (Å²) in [6, 6.07) is 13.2. The molecule has 3 rings (SSSR count). The first-order chi connectivity index (χ1) is 15.6. The highest BCUT2D eigenvalue weighted by atomic mass is 16.6. The van der Waals surface area contributed by atoms with E-state index in [4.69, 9.17) is 14.6 Å². The van der Waals surface area contributed by atoms with Gasteiger partial charge in [0, 0.05) is 12.0 Å². The molecular formula is C24H25N3O6. The van der Waals surface area contributed by atoms with Gasteiger partial charge >= 0.3 is 18.2 Å². The van der Waals surface area contributed by atoms with Crippen LogP contribution >= 0.6 is 0 Å². The van der Waals surface area contributed by atoms with Gasteiger partial charge in [0.25, 0.3) is 0 Å². The Morgan fingerprint density at radius 1 is 1.12 bits per heavy atom. The van der Waals surface area contributed by atoms with E-state index in [9.17, 15) is 19.6 Å². The number of carboxylic acids is 1. The summed E-state index contributed by atoms with van der Waals surface area (Å²) in [6.45, 7) is 5.46. The number of aromatic carboxylic acids is 1. The molecule has 3 N–H and O–H groups in total. The lowest BCUT2D eigenvalue weighted by atomic mass is 10.1. The molecule has 0 unspecified atom stereocenters. The lowest BCUT2D eigenvalue weighted by Gasteiger charge is -2.19. The maximum atomic E-state index is 12.1. The largest absolute Gasteiger partial charge is 0.478 e. The Morgan fingerprint density at radius 2 is 1.82 bits per heavy atom. The molecule has 0 aromatic heterocycles. The van der Waals surface area contributed by atoms with Gasteiger partial charge in [0.15, 0.2) is 0 Å². The van der Waals surface area contributed by atoms with Gasteiger partial charge in [-0.05, 0) is 56.5 Å². The third kappa shape index (κ3) is 6.71. The molecule has 1 aliphatic carbocycles. The van der Waals surface area contributed by atoms with Gasteiger partial charge in [-0.25, -0.2) is 14.4 Å². The Hall–Kier alpha value is -4.06. The van der Waals surface area contributed by atoms with Crippen LogP contribution in [0.3, 0.4) is 0 Å². The molecule has 0 bridgehead atoms. The number of carbonyl (C=O) groups excluding carboxylic acids is 2. The highest BCUT2D eigenvalue weighted by Gasteiger charge is 2.40. The number of amides is 2. The fraction of sp³-hybridized carbons (Fsp3) is 0.333. The third-order valence-corrected chi connectivity index (χ3v) is 4.89. The lowest BCUT2D eigenvalue weighted by molar-refractivity contribution is 0.0522. The third-order valence-electron chi connectivity index (χ3n) is 4.89. The van der Waals surface area contributed by atoms with Crippen molar-refractivity contribution in [2.24, 2.45) is 0 Å². The predicted octanol–water partition coefficient (Wildman–Crippen LogP) is 4.39. The molecule has 2 aromatic rings. The summed E-state index contributed by atoms with van der Waals surface area (Å²) in [6.07, 6.45) is -0.356. The van der Waals surface area contributed by atoms with E-state index in [-0.39, 0.29) is 35.4 Å². The van der Waals surface area contributed by atoms with E-state index in [2.05, 4.69) is 10.6 Å². The highest BCUT2D eigenvalue weighted by Crippen LogP contribution is 2.41. The molecule has 33 heavy (non-hydrogen) atoms. The van der Waals surface area contributed by atoms with Crippen molar-refractivity contribution in [2.75, 3.05) is 5.32 Å². The van der Waals surface area contributed by atoms with E-state index in [1.807, 2.05) is 51.1 Å². The standard InChI is InChI=1S/C24H25N3O6/c1-24(2,3)33-23(31)27-20-11-18(20)15-6-4-14(5-7-15)13-32-22(30)26-19-9-8-16(21(28)29)10-17(19)12-25/h4-10,18,20H,11,13H2,1-3H3,(H,26,30)(H,27,31)(H,28,29)/t18-,20+/m1/s1. The van der Waals surface area contributed by atoms with Gasteiger partial charge in [0.2, 0.25) is 0 Å². The van der Waals surface area contributed by atoms with Gasteiger partial charge in [-0.2, -0.15) is 5.26 Å². The summed E-state index contributed by atoms with van der Waals surface area (Å²) in [4.78, 5) is 35.0. The molecular weight excluding hydrogens is 426 g/mol. The number of hydrogen-bond donors (Lipinski definition) is 3. The van der Waals surface area contributed by atoms with E-state index in [0.717, 1.165) is 17.5 Å². The molecule has 9 heteroatoms. The minimum absolute atomic E-state index is 0.0193. The van der Waals surface area contributed by atoms with Crippen molar-refractivity contribution < 1.29 is 29.0 Å². The van der Waals surface area contributed by atoms with Gasteiger partial charge < -0.3 is 19.9 Å². The number of hydrogen-bond acceptors (Lipinski definition) is 6. The van der Waals surface area contributed by atoms with Crippen molar-refractivity contribution in [2.45, 2.75) is 51.4 Å². The van der Waals surface area contributed by atoms with Crippen LogP contribution in [-0.2, 0) is 16.1 Å². The predicted molar refractivity (Wildman–Crippen MR) is 119 cm³/mol. The lowest BCUT2D eigenvalue weighted by Crippen LogP contribution is -2.34. The van der Waals surface area contributed by atoms with Crippen LogP contribution in [0.15, 0.2) is 42.5 Å². The molecule has 1 fully saturated rings. The van der Waals surface area contributed by atoms with Crippen LogP contribution in [0.5, 0.6) is 0 Å². The Labute approximate surface area is 191 Å². The van der Waals surface area contributed by atoms with E-state index in [1.165, 1.54) is 18.2 Å². The maximum Gasteiger partial charge on any atom is 0.411 e. The first-order valence-electron chi connectivity index (χ1n) is 10.4. The number of anilines is 1. The Bertz CT molecular complexity index is 1100. The number of nitrogens with zero attached hydrogens (tertiary/aromatic N) is 1. The molecule has 172 valence electrons. The van der Waals surface area contributed by atoms with Crippen LogP contribution in [0.1, 0.15) is 60.2 Å². The second-order valence-corrected chi connectivity index (χ2v) is 8.71. The zero-order chi connectivity index (χ0) is 24.2. The van der Waals surface area contributed by atoms with Crippen LogP contribution < -0.4 is 10.6 Å². The zero-order valence-corrected chi connectivity index (χ0v) is 18.5. The number of carboxylic acid groups (broad SMARTS) is 1. The molecule has 2 atom stereocenters. The Kier molecular flexibility index (Phi) is 6.87. The number of nitrogens with one attached hydrogen (secondary N) is 2. The van der Waals surface area contributed by atoms with Crippen molar-refractivity contribution in [3.8, 4) is 6.07 Å². The van der Waals surface area contributed by atoms with E-state index in [1.54, 1.807) is 0 Å². The molecule has 0 aliphatic heterocycles. The monoisotopic (exact) mass is 451 g/mol. The minimum Gasteiger partial charge on any atom is -0.478 e.